The first kappa shape index (κ1) is 14.3. The Morgan fingerprint density at radius 3 is 2.75 bits per heavy atom. The van der Waals surface area contributed by atoms with Crippen molar-refractivity contribution in [2.24, 2.45) is 0 Å². The molecule has 1 aromatic carbocycles. The van der Waals surface area contributed by atoms with Crippen molar-refractivity contribution >= 4 is 0 Å². The summed E-state index contributed by atoms with van der Waals surface area (Å²) in [5.74, 6) is 1.63. The fraction of sp³-hybridized carbons (Fsp3) is 0.312. The molecule has 0 aliphatic carbocycles. The molecule has 0 aliphatic heterocycles. The van der Waals surface area contributed by atoms with E-state index in [0.29, 0.717) is 6.61 Å². The summed E-state index contributed by atoms with van der Waals surface area (Å²) in [5.41, 5.74) is 2.12. The van der Waals surface area contributed by atoms with E-state index in [-0.39, 0.29) is 6.04 Å². The smallest absolute Gasteiger partial charge is 0.137 e. The third-order valence-corrected chi connectivity index (χ3v) is 3.12. The van der Waals surface area contributed by atoms with Gasteiger partial charge in [0.15, 0.2) is 0 Å². The molecule has 0 amide bonds. The Morgan fingerprint density at radius 1 is 1.25 bits per heavy atom. The number of aromatic nitrogens is 1. The summed E-state index contributed by atoms with van der Waals surface area (Å²) in [7, 11) is 3.60. The van der Waals surface area contributed by atoms with Gasteiger partial charge in [-0.2, -0.15) is 0 Å². The lowest BCUT2D eigenvalue weighted by Gasteiger charge is -2.20. The van der Waals surface area contributed by atoms with Gasteiger partial charge in [-0.05, 0) is 31.7 Å². The van der Waals surface area contributed by atoms with Gasteiger partial charge < -0.3 is 14.8 Å². The normalized spacial score (nSPS) is 11.9. The number of hydrogen-bond acceptors (Lipinski definition) is 4. The van der Waals surface area contributed by atoms with Crippen LogP contribution in [0.25, 0.3) is 0 Å². The second kappa shape index (κ2) is 6.91. The molecule has 4 nitrogen and oxygen atoms in total. The minimum Gasteiger partial charge on any atom is -0.496 e. The lowest BCUT2D eigenvalue weighted by atomic mass is 9.99. The molecule has 1 N–H and O–H groups in total. The van der Waals surface area contributed by atoms with Gasteiger partial charge in [-0.1, -0.05) is 18.2 Å². The molecule has 0 fully saturated rings. The van der Waals surface area contributed by atoms with Gasteiger partial charge in [-0.15, -0.1) is 0 Å². The second-order valence-corrected chi connectivity index (χ2v) is 4.35. The molecular weight excluding hydrogens is 252 g/mol. The quantitative estimate of drug-likeness (QED) is 0.878. The summed E-state index contributed by atoms with van der Waals surface area (Å²) >= 11 is 0. The summed E-state index contributed by atoms with van der Waals surface area (Å²) in [5, 5.41) is 3.30. The molecule has 0 radical (unpaired) electrons. The molecule has 2 aromatic rings. The van der Waals surface area contributed by atoms with E-state index in [1.165, 1.54) is 0 Å². The van der Waals surface area contributed by atoms with Crippen LogP contribution in [0.1, 0.15) is 24.1 Å². The number of benzene rings is 1. The van der Waals surface area contributed by atoms with Crippen LogP contribution in [-0.2, 0) is 0 Å². The number of hydrogen-bond donors (Lipinski definition) is 1. The van der Waals surface area contributed by atoms with E-state index in [4.69, 9.17) is 9.47 Å². The molecular formula is C16H20N2O2. The molecule has 0 bridgehead atoms. The molecule has 1 heterocycles. The van der Waals surface area contributed by atoms with Crippen LogP contribution in [0.3, 0.4) is 0 Å². The van der Waals surface area contributed by atoms with Crippen LogP contribution < -0.4 is 14.8 Å². The van der Waals surface area contributed by atoms with E-state index in [1.54, 1.807) is 13.3 Å². The fourth-order valence-corrected chi connectivity index (χ4v) is 2.25. The molecule has 4 heteroatoms. The zero-order chi connectivity index (χ0) is 14.4. The number of nitrogens with one attached hydrogen (secondary N) is 1. The predicted octanol–water partition coefficient (Wildman–Crippen LogP) is 2.80. The Morgan fingerprint density at radius 2 is 2.05 bits per heavy atom. The number of methoxy groups -OCH3 is 1. The molecule has 1 atom stereocenters. The SMILES string of the molecule is CCOc1cncc(C(NC)c2ccccc2OC)c1. The lowest BCUT2D eigenvalue weighted by Crippen LogP contribution is -2.18. The Labute approximate surface area is 119 Å². The van der Waals surface area contributed by atoms with Crippen molar-refractivity contribution in [3.05, 3.63) is 53.9 Å². The summed E-state index contributed by atoms with van der Waals surface area (Å²) < 4.78 is 10.9. The number of pyridine rings is 1. The van der Waals surface area contributed by atoms with Crippen molar-refractivity contribution in [2.75, 3.05) is 20.8 Å². The van der Waals surface area contributed by atoms with E-state index in [0.717, 1.165) is 22.6 Å². The standard InChI is InChI=1S/C16H20N2O2/c1-4-20-13-9-12(10-18-11-13)16(17-2)14-7-5-6-8-15(14)19-3/h5-11,16-17H,4H2,1-3H3. The zero-order valence-electron chi connectivity index (χ0n) is 12.1. The van der Waals surface area contributed by atoms with Gasteiger partial charge in [0.25, 0.3) is 0 Å². The van der Waals surface area contributed by atoms with Crippen LogP contribution in [0, 0.1) is 0 Å². The van der Waals surface area contributed by atoms with Gasteiger partial charge in [0.1, 0.15) is 11.5 Å². The van der Waals surface area contributed by atoms with Crippen molar-refractivity contribution in [3.63, 3.8) is 0 Å². The summed E-state index contributed by atoms with van der Waals surface area (Å²) in [4.78, 5) is 4.25. The van der Waals surface area contributed by atoms with Gasteiger partial charge in [0.05, 0.1) is 26.0 Å². The number of para-hydroxylation sites is 1. The maximum absolute atomic E-state index is 5.51. The highest BCUT2D eigenvalue weighted by atomic mass is 16.5. The minimum absolute atomic E-state index is 0.0130. The van der Waals surface area contributed by atoms with Gasteiger partial charge in [0, 0.05) is 11.8 Å². The van der Waals surface area contributed by atoms with Crippen molar-refractivity contribution in [1.29, 1.82) is 0 Å². The Bertz CT molecular complexity index is 558. The largest absolute Gasteiger partial charge is 0.496 e. The number of ether oxygens (including phenoxy) is 2. The van der Waals surface area contributed by atoms with Crippen molar-refractivity contribution < 1.29 is 9.47 Å². The predicted molar refractivity (Wildman–Crippen MR) is 79.3 cm³/mol. The second-order valence-electron chi connectivity index (χ2n) is 4.35. The Balaban J connectivity index is 2.39. The molecule has 0 saturated carbocycles. The molecule has 0 saturated heterocycles. The Hall–Kier alpha value is -2.07. The summed E-state index contributed by atoms with van der Waals surface area (Å²) in [6.07, 6.45) is 3.57. The van der Waals surface area contributed by atoms with Gasteiger partial charge >= 0.3 is 0 Å². The highest BCUT2D eigenvalue weighted by Crippen LogP contribution is 2.30. The molecule has 1 aromatic heterocycles. The fourth-order valence-electron chi connectivity index (χ4n) is 2.25. The van der Waals surface area contributed by atoms with E-state index >= 15 is 0 Å². The maximum Gasteiger partial charge on any atom is 0.137 e. The van der Waals surface area contributed by atoms with Gasteiger partial charge in [-0.3, -0.25) is 4.98 Å². The topological polar surface area (TPSA) is 43.4 Å². The molecule has 106 valence electrons. The number of rotatable bonds is 6. The zero-order valence-corrected chi connectivity index (χ0v) is 12.1. The van der Waals surface area contributed by atoms with Crippen LogP contribution in [-0.4, -0.2) is 25.7 Å². The molecule has 1 unspecified atom stereocenters. The average molecular weight is 272 g/mol. The summed E-state index contributed by atoms with van der Waals surface area (Å²) in [6, 6.07) is 9.99. The average Bonchev–Trinajstić information content (AvgIpc) is 2.49. The van der Waals surface area contributed by atoms with Gasteiger partial charge in [0.2, 0.25) is 0 Å². The first-order valence-electron chi connectivity index (χ1n) is 6.68. The van der Waals surface area contributed by atoms with Crippen molar-refractivity contribution in [2.45, 2.75) is 13.0 Å². The molecule has 0 aliphatic rings. The third kappa shape index (κ3) is 3.08. The maximum atomic E-state index is 5.51. The molecule has 20 heavy (non-hydrogen) atoms. The molecule has 0 spiro atoms. The van der Waals surface area contributed by atoms with Crippen LogP contribution >= 0.6 is 0 Å². The highest BCUT2D eigenvalue weighted by molar-refractivity contribution is 5.42. The first-order chi connectivity index (χ1) is 9.80. The van der Waals surface area contributed by atoms with Crippen LogP contribution in [0.5, 0.6) is 11.5 Å². The minimum atomic E-state index is 0.0130. The van der Waals surface area contributed by atoms with Crippen LogP contribution in [0.2, 0.25) is 0 Å². The monoisotopic (exact) mass is 272 g/mol. The lowest BCUT2D eigenvalue weighted by molar-refractivity contribution is 0.338. The van der Waals surface area contributed by atoms with Crippen LogP contribution in [0.15, 0.2) is 42.7 Å². The van der Waals surface area contributed by atoms with E-state index < -0.39 is 0 Å². The van der Waals surface area contributed by atoms with E-state index in [1.807, 2.05) is 50.5 Å². The van der Waals surface area contributed by atoms with Gasteiger partial charge in [-0.25, -0.2) is 0 Å². The van der Waals surface area contributed by atoms with E-state index in [9.17, 15) is 0 Å². The molecule has 2 rings (SSSR count). The third-order valence-electron chi connectivity index (χ3n) is 3.12. The number of nitrogens with zero attached hydrogens (tertiary/aromatic N) is 1. The van der Waals surface area contributed by atoms with E-state index in [2.05, 4.69) is 10.3 Å². The first-order valence-corrected chi connectivity index (χ1v) is 6.68. The van der Waals surface area contributed by atoms with Crippen molar-refractivity contribution in [3.8, 4) is 11.5 Å². The van der Waals surface area contributed by atoms with Crippen LogP contribution in [0.4, 0.5) is 0 Å². The Kier molecular flexibility index (Phi) is 4.96. The highest BCUT2D eigenvalue weighted by Gasteiger charge is 2.17. The summed E-state index contributed by atoms with van der Waals surface area (Å²) in [6.45, 7) is 2.59. The van der Waals surface area contributed by atoms with Crippen molar-refractivity contribution in [1.82, 2.24) is 10.3 Å².